The lowest BCUT2D eigenvalue weighted by Gasteiger charge is -2.15. The third-order valence-corrected chi connectivity index (χ3v) is 2.39. The van der Waals surface area contributed by atoms with Gasteiger partial charge in [-0.3, -0.25) is 5.43 Å². The molecule has 0 aliphatic carbocycles. The number of nitrogens with one attached hydrogen (secondary N) is 2. The van der Waals surface area contributed by atoms with Crippen LogP contribution >= 0.6 is 48.0 Å². The average Bonchev–Trinajstić information content (AvgIpc) is 2.12. The van der Waals surface area contributed by atoms with Gasteiger partial charge in [-0.05, 0) is 37.2 Å². The van der Waals surface area contributed by atoms with Gasteiger partial charge in [0.25, 0.3) is 0 Å². The van der Waals surface area contributed by atoms with Gasteiger partial charge >= 0.3 is 0 Å². The van der Waals surface area contributed by atoms with Gasteiger partial charge in [-0.2, -0.15) is 8.78 Å². The van der Waals surface area contributed by atoms with Crippen molar-refractivity contribution in [2.75, 3.05) is 0 Å². The summed E-state index contributed by atoms with van der Waals surface area (Å²) in [6, 6.07) is 0. The molecule has 2 N–H and O–H groups in total. The molecule has 0 saturated heterocycles. The minimum atomic E-state index is -1.21. The van der Waals surface area contributed by atoms with Crippen molar-refractivity contribution in [1.29, 1.82) is 0 Å². The molecular formula is C6H4Br3F3N6. The summed E-state index contributed by atoms with van der Waals surface area (Å²) in [4.78, 5) is 0. The Morgan fingerprint density at radius 3 is 2.22 bits per heavy atom. The first-order chi connectivity index (χ1) is 8.36. The van der Waals surface area contributed by atoms with Crippen molar-refractivity contribution in [3.63, 3.8) is 0 Å². The zero-order valence-electron chi connectivity index (χ0n) is 8.21. The topological polar surface area (TPSA) is 55.3 Å². The SMILES string of the molecule is BrC1=CC(Br)=NN(Br)N1.FC1=CC(F)=NN(F)N1. The van der Waals surface area contributed by atoms with Gasteiger partial charge in [-0.15, -0.1) is 9.25 Å². The van der Waals surface area contributed by atoms with E-state index in [1.54, 1.807) is 6.08 Å². The molecule has 0 saturated carbocycles. The average molecular weight is 457 g/mol. The molecule has 0 fully saturated rings. The van der Waals surface area contributed by atoms with Crippen LogP contribution in [-0.2, 0) is 0 Å². The largest absolute Gasteiger partial charge is 0.265 e. The van der Waals surface area contributed by atoms with Gasteiger partial charge in [0.05, 0.1) is 16.1 Å². The van der Waals surface area contributed by atoms with E-state index in [0.717, 1.165) is 9.23 Å². The third kappa shape index (κ3) is 5.73. The van der Waals surface area contributed by atoms with Gasteiger partial charge in [-0.25, -0.2) is 5.43 Å². The highest BCUT2D eigenvalue weighted by Gasteiger charge is 2.10. The second kappa shape index (κ2) is 6.99. The number of nitrogens with zero attached hydrogens (tertiary/aromatic N) is 4. The van der Waals surface area contributed by atoms with Crippen molar-refractivity contribution < 1.29 is 13.3 Å². The van der Waals surface area contributed by atoms with Crippen LogP contribution in [0.2, 0.25) is 0 Å². The zero-order valence-corrected chi connectivity index (χ0v) is 13.0. The van der Waals surface area contributed by atoms with Crippen LogP contribution in [0, 0.1) is 0 Å². The monoisotopic (exact) mass is 454 g/mol. The quantitative estimate of drug-likeness (QED) is 0.435. The van der Waals surface area contributed by atoms with Crippen LogP contribution in [0.25, 0.3) is 0 Å². The molecule has 0 spiro atoms. The maximum atomic E-state index is 11.8. The lowest BCUT2D eigenvalue weighted by atomic mass is 10.6. The predicted molar refractivity (Wildman–Crippen MR) is 71.1 cm³/mol. The molecule has 0 amide bonds. The molecule has 12 heteroatoms. The predicted octanol–water partition coefficient (Wildman–Crippen LogP) is 2.85. The van der Waals surface area contributed by atoms with Crippen LogP contribution < -0.4 is 10.9 Å². The number of hydrogen-bond donors (Lipinski definition) is 2. The molecule has 0 bridgehead atoms. The highest BCUT2D eigenvalue weighted by Crippen LogP contribution is 2.13. The Morgan fingerprint density at radius 1 is 1.11 bits per heavy atom. The number of allylic oxidation sites excluding steroid dienone is 2. The van der Waals surface area contributed by atoms with E-state index in [1.807, 2.05) is 0 Å². The summed E-state index contributed by atoms with van der Waals surface area (Å²) >= 11 is 9.54. The van der Waals surface area contributed by atoms with E-state index in [0.29, 0.717) is 6.08 Å². The Kier molecular flexibility index (Phi) is 5.95. The van der Waals surface area contributed by atoms with Gasteiger partial charge in [-0.1, -0.05) is 9.58 Å². The lowest BCUT2D eigenvalue weighted by Crippen LogP contribution is -2.27. The van der Waals surface area contributed by atoms with E-state index in [9.17, 15) is 13.3 Å². The summed E-state index contributed by atoms with van der Waals surface area (Å²) in [6.45, 7) is 0. The summed E-state index contributed by atoms with van der Waals surface area (Å²) in [5.41, 5.74) is 4.26. The Labute approximate surface area is 125 Å². The fraction of sp³-hybridized carbons (Fsp3) is 0. The van der Waals surface area contributed by atoms with Crippen molar-refractivity contribution in [2.45, 2.75) is 0 Å². The molecule has 0 unspecified atom stereocenters. The van der Waals surface area contributed by atoms with Crippen LogP contribution in [0.3, 0.4) is 0 Å². The highest BCUT2D eigenvalue weighted by molar-refractivity contribution is 9.18. The Hall–Kier alpha value is -0.750. The summed E-state index contributed by atoms with van der Waals surface area (Å²) in [5, 5.41) is 5.87. The fourth-order valence-electron chi connectivity index (χ4n) is 0.725. The molecular weight excluding hydrogens is 453 g/mol. The Morgan fingerprint density at radius 2 is 1.78 bits per heavy atom. The smallest absolute Gasteiger partial charge is 0.240 e. The normalized spacial score (nSPS) is 18.3. The fourth-order valence-corrected chi connectivity index (χ4v) is 2.62. The third-order valence-electron chi connectivity index (χ3n) is 1.26. The number of hydrogen-bond acceptors (Lipinski definition) is 6. The summed E-state index contributed by atoms with van der Waals surface area (Å²) in [7, 11) is 0. The van der Waals surface area contributed by atoms with Crippen LogP contribution in [0.5, 0.6) is 0 Å². The van der Waals surface area contributed by atoms with Gasteiger partial charge in [0, 0.05) is 12.2 Å². The van der Waals surface area contributed by atoms with Crippen LogP contribution in [-0.4, -0.2) is 20.1 Å². The second-order valence-electron chi connectivity index (χ2n) is 2.57. The van der Waals surface area contributed by atoms with Crippen LogP contribution in [0.1, 0.15) is 0 Å². The number of hydrazine groups is 2. The first-order valence-electron chi connectivity index (χ1n) is 4.04. The van der Waals surface area contributed by atoms with E-state index in [1.165, 1.54) is 9.57 Å². The van der Waals surface area contributed by atoms with E-state index < -0.39 is 17.3 Å². The zero-order chi connectivity index (χ0) is 13.7. The lowest BCUT2D eigenvalue weighted by molar-refractivity contribution is -0.0289. The maximum absolute atomic E-state index is 11.8. The molecule has 0 aromatic heterocycles. The van der Waals surface area contributed by atoms with Crippen molar-refractivity contribution in [3.05, 3.63) is 22.7 Å². The summed E-state index contributed by atoms with van der Waals surface area (Å²) in [6.07, 6.45) is 2.23. The van der Waals surface area contributed by atoms with Gasteiger partial charge < -0.3 is 0 Å². The first-order valence-corrected chi connectivity index (χ1v) is 6.34. The molecule has 2 aliphatic rings. The molecule has 2 heterocycles. The molecule has 0 aromatic rings. The van der Waals surface area contributed by atoms with E-state index >= 15 is 0 Å². The summed E-state index contributed by atoms with van der Waals surface area (Å²) in [5.74, 6) is -2.33. The molecule has 100 valence electrons. The van der Waals surface area contributed by atoms with Gasteiger partial charge in [0.15, 0.2) is 0 Å². The summed E-state index contributed by atoms with van der Waals surface area (Å²) < 4.78 is 38.3. The minimum absolute atomic E-state index is 0.427. The number of hydrazone groups is 2. The van der Waals surface area contributed by atoms with Crippen molar-refractivity contribution in [2.24, 2.45) is 10.2 Å². The van der Waals surface area contributed by atoms with Crippen LogP contribution in [0.15, 0.2) is 32.9 Å². The molecule has 2 aliphatic heterocycles. The standard InChI is InChI=1S/C3H2Br3N3.C3H2F3N3/c2*4-2-1-3(5)8-9(6)7-2/h2*1,7H. The van der Waals surface area contributed by atoms with E-state index in [2.05, 4.69) is 63.6 Å². The molecule has 2 rings (SSSR count). The van der Waals surface area contributed by atoms with Crippen molar-refractivity contribution >= 4 is 58.6 Å². The highest BCUT2D eigenvalue weighted by atomic mass is 79.9. The molecule has 0 atom stereocenters. The minimum Gasteiger partial charge on any atom is -0.265 e. The Bertz CT molecular complexity index is 396. The van der Waals surface area contributed by atoms with Crippen molar-refractivity contribution in [3.8, 4) is 0 Å². The number of rotatable bonds is 0. The van der Waals surface area contributed by atoms with Gasteiger partial charge in [0.1, 0.15) is 9.23 Å². The number of halogens is 6. The second-order valence-corrected chi connectivity index (χ2v) is 4.91. The van der Waals surface area contributed by atoms with Crippen molar-refractivity contribution in [1.82, 2.24) is 20.3 Å². The van der Waals surface area contributed by atoms with E-state index in [-0.39, 0.29) is 0 Å². The van der Waals surface area contributed by atoms with Crippen LogP contribution in [0.4, 0.5) is 13.3 Å². The first kappa shape index (κ1) is 15.3. The molecule has 0 aromatic carbocycles. The molecule has 6 nitrogen and oxygen atoms in total. The molecule has 18 heavy (non-hydrogen) atoms. The van der Waals surface area contributed by atoms with Gasteiger partial charge in [0.2, 0.25) is 11.9 Å². The van der Waals surface area contributed by atoms with E-state index in [4.69, 9.17) is 0 Å². The maximum Gasteiger partial charge on any atom is 0.240 e. The Balaban J connectivity index is 0.000000180. The molecule has 0 radical (unpaired) electrons.